The van der Waals surface area contributed by atoms with Crippen LogP contribution < -0.4 is 5.32 Å². The molecule has 0 aromatic heterocycles. The van der Waals surface area contributed by atoms with E-state index in [-0.39, 0.29) is 23.2 Å². The van der Waals surface area contributed by atoms with Crippen molar-refractivity contribution in [3.8, 4) is 0 Å². The van der Waals surface area contributed by atoms with E-state index in [0.29, 0.717) is 11.8 Å². The highest BCUT2D eigenvalue weighted by Crippen LogP contribution is 2.29. The number of nitro benzene ring substituents is 1. The number of nitrogens with zero attached hydrogens (tertiary/aromatic N) is 1. The number of rotatable bonds is 5. The molecule has 1 aliphatic rings. The van der Waals surface area contributed by atoms with Gasteiger partial charge in [-0.1, -0.05) is 38.8 Å². The SMILES string of the molecule is CC(OC(=O)c1ccccc1[N+](=O)[O-])C(=O)NC1CCCC(C)C1C. The van der Waals surface area contributed by atoms with E-state index in [1.807, 2.05) is 0 Å². The van der Waals surface area contributed by atoms with E-state index in [4.69, 9.17) is 4.74 Å². The molecule has 0 saturated heterocycles. The minimum Gasteiger partial charge on any atom is -0.449 e. The summed E-state index contributed by atoms with van der Waals surface area (Å²) in [4.78, 5) is 34.9. The number of benzene rings is 1. The molecule has 0 heterocycles. The van der Waals surface area contributed by atoms with E-state index >= 15 is 0 Å². The summed E-state index contributed by atoms with van der Waals surface area (Å²) >= 11 is 0. The lowest BCUT2D eigenvalue weighted by molar-refractivity contribution is -0.385. The third-order valence-electron chi connectivity index (χ3n) is 5.01. The molecule has 0 radical (unpaired) electrons. The summed E-state index contributed by atoms with van der Waals surface area (Å²) in [6.07, 6.45) is 2.09. The summed E-state index contributed by atoms with van der Waals surface area (Å²) in [7, 11) is 0. The van der Waals surface area contributed by atoms with Gasteiger partial charge in [-0.05, 0) is 31.2 Å². The minimum absolute atomic E-state index is 0.0588. The van der Waals surface area contributed by atoms with Crippen LogP contribution in [0.5, 0.6) is 0 Å². The van der Waals surface area contributed by atoms with Crippen molar-refractivity contribution in [1.29, 1.82) is 0 Å². The minimum atomic E-state index is -1.02. The van der Waals surface area contributed by atoms with Crippen molar-refractivity contribution in [1.82, 2.24) is 5.32 Å². The summed E-state index contributed by atoms with van der Waals surface area (Å²) in [5.74, 6) is -0.363. The number of nitrogens with one attached hydrogen (secondary N) is 1. The van der Waals surface area contributed by atoms with Crippen LogP contribution >= 0.6 is 0 Å². The van der Waals surface area contributed by atoms with E-state index in [1.54, 1.807) is 0 Å². The number of hydrogen-bond acceptors (Lipinski definition) is 5. The Balaban J connectivity index is 1.99. The molecule has 4 unspecified atom stereocenters. The Hall–Kier alpha value is -2.44. The Morgan fingerprint density at radius 1 is 1.28 bits per heavy atom. The van der Waals surface area contributed by atoms with Crippen LogP contribution in [0, 0.1) is 22.0 Å². The van der Waals surface area contributed by atoms with Crippen LogP contribution in [0.3, 0.4) is 0 Å². The Morgan fingerprint density at radius 3 is 2.64 bits per heavy atom. The summed E-state index contributed by atoms with van der Waals surface area (Å²) in [5, 5.41) is 13.9. The zero-order valence-corrected chi connectivity index (χ0v) is 14.7. The quantitative estimate of drug-likeness (QED) is 0.501. The number of para-hydroxylation sites is 1. The lowest BCUT2D eigenvalue weighted by atomic mass is 9.78. The fourth-order valence-electron chi connectivity index (χ4n) is 3.17. The van der Waals surface area contributed by atoms with Gasteiger partial charge in [-0.3, -0.25) is 14.9 Å². The lowest BCUT2D eigenvalue weighted by Gasteiger charge is -2.35. The third kappa shape index (κ3) is 4.55. The predicted octanol–water partition coefficient (Wildman–Crippen LogP) is 3.08. The van der Waals surface area contributed by atoms with Gasteiger partial charge in [0.1, 0.15) is 5.56 Å². The van der Waals surface area contributed by atoms with Crippen LogP contribution in [0.2, 0.25) is 0 Å². The smallest absolute Gasteiger partial charge is 0.345 e. The first-order valence-electron chi connectivity index (χ1n) is 8.56. The molecule has 25 heavy (non-hydrogen) atoms. The van der Waals surface area contributed by atoms with Crippen LogP contribution in [0.15, 0.2) is 24.3 Å². The summed E-state index contributed by atoms with van der Waals surface area (Å²) in [6.45, 7) is 5.75. The maximum absolute atomic E-state index is 12.3. The second-order valence-electron chi connectivity index (χ2n) is 6.70. The van der Waals surface area contributed by atoms with Crippen molar-refractivity contribution in [3.05, 3.63) is 39.9 Å². The van der Waals surface area contributed by atoms with Crippen molar-refractivity contribution in [3.63, 3.8) is 0 Å². The molecular weight excluding hydrogens is 324 g/mol. The molecule has 1 N–H and O–H groups in total. The zero-order valence-electron chi connectivity index (χ0n) is 14.7. The normalized spacial score (nSPS) is 24.2. The number of ether oxygens (including phenoxy) is 1. The first-order chi connectivity index (χ1) is 11.8. The van der Waals surface area contributed by atoms with Gasteiger partial charge in [-0.15, -0.1) is 0 Å². The highest BCUT2D eigenvalue weighted by Gasteiger charge is 2.31. The van der Waals surface area contributed by atoms with Crippen LogP contribution in [-0.4, -0.2) is 28.9 Å². The monoisotopic (exact) mass is 348 g/mol. The van der Waals surface area contributed by atoms with Crippen LogP contribution in [0.25, 0.3) is 0 Å². The van der Waals surface area contributed by atoms with Crippen molar-refractivity contribution in [2.24, 2.45) is 11.8 Å². The molecule has 1 aliphatic carbocycles. The fraction of sp³-hybridized carbons (Fsp3) is 0.556. The van der Waals surface area contributed by atoms with Crippen LogP contribution in [0.4, 0.5) is 5.69 Å². The number of hydrogen-bond donors (Lipinski definition) is 1. The van der Waals surface area contributed by atoms with E-state index in [0.717, 1.165) is 19.3 Å². The van der Waals surface area contributed by atoms with Crippen molar-refractivity contribution < 1.29 is 19.2 Å². The lowest BCUT2D eigenvalue weighted by Crippen LogP contribution is -2.47. The molecule has 7 nitrogen and oxygen atoms in total. The standard InChI is InChI=1S/C18H24N2O5/c1-11-7-6-9-15(12(11)2)19-17(21)13(3)25-18(22)14-8-4-5-10-16(14)20(23)24/h4-5,8,10-13,15H,6-7,9H2,1-3H3,(H,19,21). The number of carbonyl (C=O) groups is 2. The summed E-state index contributed by atoms with van der Waals surface area (Å²) in [6, 6.07) is 5.59. The molecule has 0 bridgehead atoms. The highest BCUT2D eigenvalue weighted by molar-refractivity contribution is 5.95. The molecule has 136 valence electrons. The Bertz CT molecular complexity index is 661. The molecular formula is C18H24N2O5. The van der Waals surface area contributed by atoms with Gasteiger partial charge >= 0.3 is 5.97 Å². The van der Waals surface area contributed by atoms with Crippen LogP contribution in [-0.2, 0) is 9.53 Å². The van der Waals surface area contributed by atoms with Gasteiger partial charge in [0.25, 0.3) is 11.6 Å². The largest absolute Gasteiger partial charge is 0.449 e. The molecule has 7 heteroatoms. The van der Waals surface area contributed by atoms with Crippen molar-refractivity contribution >= 4 is 17.6 Å². The average molecular weight is 348 g/mol. The third-order valence-corrected chi connectivity index (χ3v) is 5.01. The molecule has 4 atom stereocenters. The molecule has 1 saturated carbocycles. The van der Waals surface area contributed by atoms with Gasteiger partial charge in [-0.2, -0.15) is 0 Å². The van der Waals surface area contributed by atoms with Gasteiger partial charge in [-0.25, -0.2) is 4.79 Å². The topological polar surface area (TPSA) is 98.5 Å². The molecule has 1 amide bonds. The Kier molecular flexibility index (Phi) is 6.12. The summed E-state index contributed by atoms with van der Waals surface area (Å²) < 4.78 is 5.14. The zero-order chi connectivity index (χ0) is 18.6. The van der Waals surface area contributed by atoms with E-state index < -0.39 is 17.0 Å². The molecule has 1 aromatic carbocycles. The number of esters is 1. The molecule has 1 fully saturated rings. The molecule has 0 aliphatic heterocycles. The maximum atomic E-state index is 12.3. The predicted molar refractivity (Wildman–Crippen MR) is 92.1 cm³/mol. The van der Waals surface area contributed by atoms with Crippen molar-refractivity contribution in [2.45, 2.75) is 52.2 Å². The summed E-state index contributed by atoms with van der Waals surface area (Å²) in [5.41, 5.74) is -0.498. The van der Waals surface area contributed by atoms with E-state index in [9.17, 15) is 19.7 Å². The molecule has 2 rings (SSSR count). The van der Waals surface area contributed by atoms with Crippen molar-refractivity contribution in [2.75, 3.05) is 0 Å². The fourth-order valence-corrected chi connectivity index (χ4v) is 3.17. The van der Waals surface area contributed by atoms with E-state index in [1.165, 1.54) is 31.2 Å². The Morgan fingerprint density at radius 2 is 1.96 bits per heavy atom. The molecule has 1 aromatic rings. The van der Waals surface area contributed by atoms with Gasteiger partial charge < -0.3 is 10.1 Å². The first-order valence-corrected chi connectivity index (χ1v) is 8.56. The first kappa shape index (κ1) is 18.9. The average Bonchev–Trinajstić information content (AvgIpc) is 2.58. The maximum Gasteiger partial charge on any atom is 0.345 e. The van der Waals surface area contributed by atoms with Gasteiger partial charge in [0, 0.05) is 12.1 Å². The number of carbonyl (C=O) groups excluding carboxylic acids is 2. The van der Waals surface area contributed by atoms with Gasteiger partial charge in [0.2, 0.25) is 0 Å². The van der Waals surface area contributed by atoms with Gasteiger partial charge in [0.15, 0.2) is 6.10 Å². The second-order valence-corrected chi connectivity index (χ2v) is 6.70. The highest BCUT2D eigenvalue weighted by atomic mass is 16.6. The van der Waals surface area contributed by atoms with E-state index in [2.05, 4.69) is 19.2 Å². The Labute approximate surface area is 146 Å². The number of amides is 1. The van der Waals surface area contributed by atoms with Crippen LogP contribution in [0.1, 0.15) is 50.4 Å². The second kappa shape index (κ2) is 8.09. The van der Waals surface area contributed by atoms with Gasteiger partial charge in [0.05, 0.1) is 4.92 Å². The number of nitro groups is 1. The molecule has 0 spiro atoms.